The average molecular weight is 480 g/mol. The maximum Gasteiger partial charge on any atom is 0.337 e. The van der Waals surface area contributed by atoms with E-state index in [1.54, 1.807) is 24.3 Å². The number of hydrogen-bond acceptors (Lipinski definition) is 5. The van der Waals surface area contributed by atoms with E-state index in [1.165, 1.54) is 17.7 Å². The van der Waals surface area contributed by atoms with Crippen LogP contribution in [0.2, 0.25) is 0 Å². The van der Waals surface area contributed by atoms with Crippen LogP contribution in [0.15, 0.2) is 71.6 Å². The van der Waals surface area contributed by atoms with Gasteiger partial charge in [-0.25, -0.2) is 13.2 Å². The van der Waals surface area contributed by atoms with Crippen molar-refractivity contribution in [3.05, 3.63) is 83.4 Å². The first-order valence-corrected chi connectivity index (χ1v) is 12.7. The van der Waals surface area contributed by atoms with E-state index in [-0.39, 0.29) is 22.2 Å². The van der Waals surface area contributed by atoms with Gasteiger partial charge in [0.25, 0.3) is 10.0 Å². The van der Waals surface area contributed by atoms with Crippen LogP contribution >= 0.6 is 0 Å². The van der Waals surface area contributed by atoms with Crippen molar-refractivity contribution in [3.63, 3.8) is 0 Å². The molecule has 3 aromatic carbocycles. The van der Waals surface area contributed by atoms with E-state index in [2.05, 4.69) is 46.6 Å². The molecule has 1 fully saturated rings. The van der Waals surface area contributed by atoms with E-state index in [4.69, 9.17) is 0 Å². The second-order valence-corrected chi connectivity index (χ2v) is 10.5. The summed E-state index contributed by atoms with van der Waals surface area (Å²) in [5.74, 6) is -1.10. The van der Waals surface area contributed by atoms with Gasteiger partial charge < -0.3 is 14.9 Å². The molecule has 0 spiro atoms. The van der Waals surface area contributed by atoms with Crippen molar-refractivity contribution >= 4 is 33.1 Å². The number of sulfonamides is 1. The second kappa shape index (κ2) is 9.38. The Hall–Kier alpha value is -3.52. The van der Waals surface area contributed by atoms with E-state index < -0.39 is 16.0 Å². The fourth-order valence-electron chi connectivity index (χ4n) is 4.41. The molecule has 0 bridgehead atoms. The van der Waals surface area contributed by atoms with Crippen molar-refractivity contribution in [1.82, 2.24) is 0 Å². The van der Waals surface area contributed by atoms with Gasteiger partial charge in [-0.2, -0.15) is 0 Å². The van der Waals surface area contributed by atoms with E-state index in [0.717, 1.165) is 17.8 Å². The molecule has 178 valence electrons. The van der Waals surface area contributed by atoms with Gasteiger partial charge in [0.2, 0.25) is 0 Å². The number of rotatable bonds is 6. The van der Waals surface area contributed by atoms with Crippen LogP contribution in [0.4, 0.5) is 17.1 Å². The smallest absolute Gasteiger partial charge is 0.337 e. The minimum atomic E-state index is -3.83. The van der Waals surface area contributed by atoms with Gasteiger partial charge in [-0.05, 0) is 74.4 Å². The third-order valence-electron chi connectivity index (χ3n) is 6.08. The predicted molar refractivity (Wildman–Crippen MR) is 136 cm³/mol. The highest BCUT2D eigenvalue weighted by atomic mass is 32.2. The first-order valence-electron chi connectivity index (χ1n) is 11.2. The summed E-state index contributed by atoms with van der Waals surface area (Å²) >= 11 is 0. The summed E-state index contributed by atoms with van der Waals surface area (Å²) in [6.07, 6.45) is 0. The minimum Gasteiger partial charge on any atom is -0.478 e. The monoisotopic (exact) mass is 479 g/mol. The number of carboxylic acids is 1. The molecule has 3 aromatic rings. The van der Waals surface area contributed by atoms with Gasteiger partial charge in [0, 0.05) is 37.1 Å². The third-order valence-corrected chi connectivity index (χ3v) is 7.46. The fraction of sp³-hybridized carbons (Fsp3) is 0.269. The number of anilines is 3. The molecule has 0 radical (unpaired) electrons. The normalized spacial score (nSPS) is 16.4. The number of aromatic carboxylic acids is 1. The Morgan fingerprint density at radius 3 is 2.32 bits per heavy atom. The molecule has 2 N–H and O–H groups in total. The van der Waals surface area contributed by atoms with Crippen LogP contribution in [0.3, 0.4) is 0 Å². The second-order valence-electron chi connectivity index (χ2n) is 8.79. The zero-order valence-corrected chi connectivity index (χ0v) is 20.3. The number of aryl methyl sites for hydroxylation is 2. The summed E-state index contributed by atoms with van der Waals surface area (Å²) in [7, 11) is -3.83. The van der Waals surface area contributed by atoms with Gasteiger partial charge in [-0.1, -0.05) is 24.3 Å². The lowest BCUT2D eigenvalue weighted by molar-refractivity contribution is 0.0697. The molecule has 1 heterocycles. The van der Waals surface area contributed by atoms with Crippen molar-refractivity contribution in [3.8, 4) is 0 Å². The Morgan fingerprint density at radius 2 is 1.68 bits per heavy atom. The first-order chi connectivity index (χ1) is 16.1. The van der Waals surface area contributed by atoms with Gasteiger partial charge in [-0.3, -0.25) is 4.72 Å². The standard InChI is InChI=1S/C26H29N3O4S/c1-18-6-4-8-22(14-18)29-13-12-28(17-20(29)3)25-11-10-21(16-24(25)26(30)31)27-34(32,33)23-9-5-7-19(2)15-23/h4-11,14-16,20,27H,12-13,17H2,1-3H3,(H,30,31). The molecule has 0 amide bonds. The maximum atomic E-state index is 12.8. The minimum absolute atomic E-state index is 0.0700. The Kier molecular flexibility index (Phi) is 6.52. The molecule has 0 aliphatic carbocycles. The first kappa shape index (κ1) is 23.6. The van der Waals surface area contributed by atoms with Crippen molar-refractivity contribution in [2.75, 3.05) is 34.2 Å². The van der Waals surface area contributed by atoms with Crippen LogP contribution in [0.5, 0.6) is 0 Å². The van der Waals surface area contributed by atoms with Crippen LogP contribution in [0.1, 0.15) is 28.4 Å². The molecule has 1 atom stereocenters. The Balaban J connectivity index is 1.56. The lowest BCUT2D eigenvalue weighted by Gasteiger charge is -2.42. The quantitative estimate of drug-likeness (QED) is 0.540. The molecule has 8 heteroatoms. The van der Waals surface area contributed by atoms with Crippen LogP contribution in [0.25, 0.3) is 0 Å². The Labute approximate surface area is 200 Å². The van der Waals surface area contributed by atoms with Gasteiger partial charge in [0.05, 0.1) is 16.1 Å². The molecule has 1 aliphatic rings. The zero-order chi connectivity index (χ0) is 24.5. The Morgan fingerprint density at radius 1 is 0.971 bits per heavy atom. The van der Waals surface area contributed by atoms with Gasteiger partial charge >= 0.3 is 5.97 Å². The third kappa shape index (κ3) is 5.02. The molecule has 7 nitrogen and oxygen atoms in total. The number of piperazine rings is 1. The van der Waals surface area contributed by atoms with Gasteiger partial charge in [-0.15, -0.1) is 0 Å². The Bertz CT molecular complexity index is 1320. The average Bonchev–Trinajstić information content (AvgIpc) is 2.78. The summed E-state index contributed by atoms with van der Waals surface area (Å²) < 4.78 is 28.1. The highest BCUT2D eigenvalue weighted by Gasteiger charge is 2.27. The van der Waals surface area contributed by atoms with E-state index in [1.807, 2.05) is 19.1 Å². The summed E-state index contributed by atoms with van der Waals surface area (Å²) in [4.78, 5) is 16.6. The van der Waals surface area contributed by atoms with Crippen LogP contribution in [-0.2, 0) is 10.0 Å². The van der Waals surface area contributed by atoms with Crippen LogP contribution < -0.4 is 14.5 Å². The number of carboxylic acid groups (broad SMARTS) is 1. The molecule has 0 saturated carbocycles. The van der Waals surface area contributed by atoms with E-state index >= 15 is 0 Å². The van der Waals surface area contributed by atoms with Crippen LogP contribution in [-0.4, -0.2) is 45.2 Å². The predicted octanol–water partition coefficient (Wildman–Crippen LogP) is 4.52. The molecule has 0 aromatic heterocycles. The summed E-state index contributed by atoms with van der Waals surface area (Å²) in [6.45, 7) is 8.08. The topological polar surface area (TPSA) is 90.0 Å². The van der Waals surface area contributed by atoms with Crippen LogP contribution in [0, 0.1) is 13.8 Å². The van der Waals surface area contributed by atoms with Crippen molar-refractivity contribution in [1.29, 1.82) is 0 Å². The number of benzene rings is 3. The van der Waals surface area contributed by atoms with Crippen molar-refractivity contribution < 1.29 is 18.3 Å². The number of carbonyl (C=O) groups is 1. The fourth-order valence-corrected chi connectivity index (χ4v) is 5.56. The molecular formula is C26H29N3O4S. The number of nitrogens with zero attached hydrogens (tertiary/aromatic N) is 2. The van der Waals surface area contributed by atoms with E-state index in [9.17, 15) is 18.3 Å². The van der Waals surface area contributed by atoms with E-state index in [0.29, 0.717) is 18.8 Å². The number of nitrogens with one attached hydrogen (secondary N) is 1. The number of hydrogen-bond donors (Lipinski definition) is 2. The zero-order valence-electron chi connectivity index (χ0n) is 19.5. The lowest BCUT2D eigenvalue weighted by atomic mass is 10.1. The molecule has 1 aliphatic heterocycles. The van der Waals surface area contributed by atoms with Gasteiger partial charge in [0.15, 0.2) is 0 Å². The molecule has 34 heavy (non-hydrogen) atoms. The lowest BCUT2D eigenvalue weighted by Crippen LogP contribution is -2.52. The van der Waals surface area contributed by atoms with Gasteiger partial charge in [0.1, 0.15) is 0 Å². The SMILES string of the molecule is Cc1cccc(N2CCN(c3ccc(NS(=O)(=O)c4cccc(C)c4)cc3C(=O)O)CC2C)c1. The summed E-state index contributed by atoms with van der Waals surface area (Å²) in [6, 6.07) is 19.8. The molecular weight excluding hydrogens is 450 g/mol. The highest BCUT2D eigenvalue weighted by Crippen LogP contribution is 2.30. The van der Waals surface area contributed by atoms with Crippen molar-refractivity contribution in [2.24, 2.45) is 0 Å². The van der Waals surface area contributed by atoms with Crippen molar-refractivity contribution in [2.45, 2.75) is 31.7 Å². The molecule has 1 saturated heterocycles. The highest BCUT2D eigenvalue weighted by molar-refractivity contribution is 7.92. The molecule has 4 rings (SSSR count). The molecule has 1 unspecified atom stereocenters. The maximum absolute atomic E-state index is 12.8. The summed E-state index contributed by atoms with van der Waals surface area (Å²) in [5.41, 5.74) is 4.05. The largest absolute Gasteiger partial charge is 0.478 e. The summed E-state index contributed by atoms with van der Waals surface area (Å²) in [5, 5.41) is 9.88.